The average Bonchev–Trinajstić information content (AvgIpc) is 4.05. The largest absolute Gasteiger partial charge is 0.368 e. The summed E-state index contributed by atoms with van der Waals surface area (Å²) >= 11 is 0. The van der Waals surface area contributed by atoms with Crippen LogP contribution in [0.15, 0.2) is 48.6 Å². The average molecular weight is 871 g/mol. The van der Waals surface area contributed by atoms with E-state index in [1.807, 2.05) is 39.8 Å². The van der Waals surface area contributed by atoms with Crippen molar-refractivity contribution in [3.8, 4) is 0 Å². The zero-order valence-corrected chi connectivity index (χ0v) is 37.5. The van der Waals surface area contributed by atoms with E-state index in [4.69, 9.17) is 21.4 Å². The van der Waals surface area contributed by atoms with Gasteiger partial charge in [-0.3, -0.25) is 39.2 Å². The van der Waals surface area contributed by atoms with Crippen molar-refractivity contribution in [3.63, 3.8) is 0 Å². The van der Waals surface area contributed by atoms with Crippen LogP contribution in [0.25, 0.3) is 22.1 Å². The van der Waals surface area contributed by atoms with Gasteiger partial charge < -0.3 is 30.4 Å². The monoisotopic (exact) mass is 870 g/mol. The van der Waals surface area contributed by atoms with Crippen molar-refractivity contribution in [1.82, 2.24) is 38.7 Å². The number of hydrogen-bond donors (Lipinski definition) is 4. The van der Waals surface area contributed by atoms with Crippen molar-refractivity contribution in [1.29, 1.82) is 0 Å². The van der Waals surface area contributed by atoms with Crippen LogP contribution >= 0.6 is 0 Å². The van der Waals surface area contributed by atoms with Crippen molar-refractivity contribution >= 4 is 69.0 Å². The fourth-order valence-electron chi connectivity index (χ4n) is 9.20. The third-order valence-electron chi connectivity index (χ3n) is 12.2. The molecule has 6 N–H and O–H groups in total. The molecule has 18 heteroatoms. The number of rotatable bonds is 18. The lowest BCUT2D eigenvalue weighted by molar-refractivity contribution is 0.0992. The third-order valence-corrected chi connectivity index (χ3v) is 12.2. The lowest BCUT2D eigenvalue weighted by atomic mass is 10.0. The second kappa shape index (κ2) is 18.0. The molecule has 0 spiro atoms. The van der Waals surface area contributed by atoms with Gasteiger partial charge in [-0.05, 0) is 89.8 Å². The van der Waals surface area contributed by atoms with Gasteiger partial charge >= 0.3 is 0 Å². The van der Waals surface area contributed by atoms with Crippen LogP contribution in [-0.4, -0.2) is 88.5 Å². The van der Waals surface area contributed by atoms with Crippen molar-refractivity contribution in [2.45, 2.75) is 105 Å². The summed E-state index contributed by atoms with van der Waals surface area (Å²) in [4.78, 5) is 67.4. The molecule has 0 fully saturated rings. The van der Waals surface area contributed by atoms with Crippen LogP contribution in [0.4, 0.5) is 23.3 Å². The second-order valence-corrected chi connectivity index (χ2v) is 16.8. The molecular formula is C46H58N14O4. The number of aryl methyl sites for hydroxylation is 4. The Bertz CT molecular complexity index is 2620. The molecule has 2 aromatic carbocycles. The third kappa shape index (κ3) is 8.19. The zero-order chi connectivity index (χ0) is 45.4. The summed E-state index contributed by atoms with van der Waals surface area (Å²) in [6.45, 7) is 15.7. The molecule has 6 aromatic rings. The lowest BCUT2D eigenvalue weighted by Gasteiger charge is -2.37. The van der Waals surface area contributed by atoms with Gasteiger partial charge in [0.05, 0.1) is 56.9 Å². The molecule has 0 saturated heterocycles. The van der Waals surface area contributed by atoms with E-state index < -0.39 is 11.8 Å². The maximum absolute atomic E-state index is 13.9. The summed E-state index contributed by atoms with van der Waals surface area (Å²) in [7, 11) is 0. The minimum absolute atomic E-state index is 0.139. The number of allylic oxidation sites excluding steroid dienone is 2. The summed E-state index contributed by atoms with van der Waals surface area (Å²) in [5.74, 6) is -0.994. The van der Waals surface area contributed by atoms with Gasteiger partial charge in [0.25, 0.3) is 11.8 Å². The predicted octanol–water partition coefficient (Wildman–Crippen LogP) is 6.50. The molecule has 2 atom stereocenters. The fourth-order valence-corrected chi connectivity index (χ4v) is 9.20. The minimum atomic E-state index is -0.548. The highest BCUT2D eigenvalue weighted by molar-refractivity contribution is 6.07. The summed E-state index contributed by atoms with van der Waals surface area (Å²) in [5, 5.41) is 15.1. The van der Waals surface area contributed by atoms with E-state index >= 15 is 0 Å². The van der Waals surface area contributed by atoms with Crippen LogP contribution in [0, 0.1) is 13.8 Å². The number of hydrogen-bond acceptors (Lipinski definition) is 10. The molecule has 0 saturated carbocycles. The lowest BCUT2D eigenvalue weighted by Crippen LogP contribution is -2.37. The van der Waals surface area contributed by atoms with Crippen molar-refractivity contribution in [2.75, 3.05) is 46.6 Å². The van der Waals surface area contributed by atoms with E-state index in [1.165, 1.54) is 0 Å². The molecule has 18 nitrogen and oxygen atoms in total. The fraction of sp³-hybridized carbons (Fsp3) is 0.435. The van der Waals surface area contributed by atoms with Gasteiger partial charge in [-0.15, -0.1) is 0 Å². The van der Waals surface area contributed by atoms with Crippen LogP contribution in [0.5, 0.6) is 0 Å². The van der Waals surface area contributed by atoms with Crippen molar-refractivity contribution in [2.24, 2.45) is 11.5 Å². The Morgan fingerprint density at radius 1 is 0.641 bits per heavy atom. The Morgan fingerprint density at radius 2 is 1.05 bits per heavy atom. The SMILES string of the molecule is CCCCN1C[C@H](C/C=C/C[C@H]2CN(CCCC)c3cc(C(N)=O)cc4nc(NC(=O)c5cc(C)nn5CC)n2c34)n2c(NC(=O)c3cc(C)nn3CC)nc3cc(C(N)=O)cc1c32. The molecule has 2 aliphatic rings. The Labute approximate surface area is 371 Å². The number of benzene rings is 2. The van der Waals surface area contributed by atoms with Crippen LogP contribution in [0.3, 0.4) is 0 Å². The number of nitrogens with zero attached hydrogens (tertiary/aromatic N) is 10. The maximum Gasteiger partial charge on any atom is 0.276 e. The van der Waals surface area contributed by atoms with Gasteiger partial charge in [-0.1, -0.05) is 38.8 Å². The first-order valence-corrected chi connectivity index (χ1v) is 22.4. The van der Waals surface area contributed by atoms with Gasteiger partial charge in [-0.25, -0.2) is 9.97 Å². The highest BCUT2D eigenvalue weighted by atomic mass is 16.2. The topological polar surface area (TPSA) is 222 Å². The first kappa shape index (κ1) is 43.7. The van der Waals surface area contributed by atoms with Gasteiger partial charge in [-0.2, -0.15) is 10.2 Å². The number of nitrogens with two attached hydrogens (primary N) is 2. The molecule has 8 rings (SSSR count). The molecular weight excluding hydrogens is 813 g/mol. The van der Waals surface area contributed by atoms with E-state index in [-0.39, 0.29) is 23.9 Å². The number of unbranched alkanes of at least 4 members (excludes halogenated alkanes) is 2. The first-order chi connectivity index (χ1) is 30.8. The number of carbonyl (C=O) groups excluding carboxylic acids is 4. The van der Waals surface area contributed by atoms with Crippen molar-refractivity contribution < 1.29 is 19.2 Å². The summed E-state index contributed by atoms with van der Waals surface area (Å²) in [5.41, 5.74) is 19.2. The normalized spacial score (nSPS) is 15.8. The van der Waals surface area contributed by atoms with E-state index in [0.717, 1.165) is 72.6 Å². The summed E-state index contributed by atoms with van der Waals surface area (Å²) in [6.07, 6.45) is 9.42. The smallest absolute Gasteiger partial charge is 0.276 e. The van der Waals surface area contributed by atoms with Crippen molar-refractivity contribution in [3.05, 3.63) is 82.5 Å². The highest BCUT2D eigenvalue weighted by Crippen LogP contribution is 2.42. The number of aromatic nitrogens is 8. The Balaban J connectivity index is 1.15. The van der Waals surface area contributed by atoms with Gasteiger partial charge in [0, 0.05) is 50.4 Å². The molecule has 6 heterocycles. The molecule has 4 aromatic heterocycles. The molecule has 0 aliphatic carbocycles. The number of carbonyl (C=O) groups is 4. The molecule has 336 valence electrons. The highest BCUT2D eigenvalue weighted by Gasteiger charge is 2.34. The molecule has 64 heavy (non-hydrogen) atoms. The van der Waals surface area contributed by atoms with Gasteiger partial charge in [0.1, 0.15) is 11.4 Å². The Morgan fingerprint density at radius 3 is 1.41 bits per heavy atom. The number of primary amides is 2. The first-order valence-electron chi connectivity index (χ1n) is 22.4. The van der Waals surface area contributed by atoms with Crippen LogP contribution < -0.4 is 31.9 Å². The molecule has 0 bridgehead atoms. The van der Waals surface area contributed by atoms with E-state index in [2.05, 4.69) is 65.8 Å². The minimum Gasteiger partial charge on any atom is -0.368 e. The zero-order valence-electron chi connectivity index (χ0n) is 37.5. The number of nitrogens with one attached hydrogen (secondary N) is 2. The summed E-state index contributed by atoms with van der Waals surface area (Å²) in [6, 6.07) is 10.3. The molecule has 0 radical (unpaired) electrons. The molecule has 0 unspecified atom stereocenters. The van der Waals surface area contributed by atoms with E-state index in [0.29, 0.717) is 84.5 Å². The Hall–Kier alpha value is -6.98. The molecule has 2 aliphatic heterocycles. The predicted molar refractivity (Wildman–Crippen MR) is 248 cm³/mol. The quantitative estimate of drug-likeness (QED) is 0.0687. The Kier molecular flexibility index (Phi) is 12.3. The van der Waals surface area contributed by atoms with Gasteiger partial charge in [0.15, 0.2) is 0 Å². The number of amides is 4. The van der Waals surface area contributed by atoms with Crippen LogP contribution in [0.1, 0.15) is 131 Å². The van der Waals surface area contributed by atoms with E-state index in [9.17, 15) is 19.2 Å². The van der Waals surface area contributed by atoms with Crippen LogP contribution in [-0.2, 0) is 13.1 Å². The standard InChI is InChI=1S/C46H58N14O4/c1-7-11-17-55-25-31(59-39-33(21-29(41(47)61)23-35(39)55)49-45(59)51-43(63)37-19-27(5)53-57(37)9-3)15-13-14-16-32-26-56(18-12-8-2)36-24-30(42(48)62)22-34-40(36)60(32)46(50-34)52-44(64)38-20-28(6)54-58(38)10-4/h13-14,19-24,31-32H,7-12,15-18,25-26H2,1-6H3,(H2,47,61)(H2,48,62)(H,49,51,63)(H,50,52,64)/b14-13+/t31-,32-/m0/s1. The molecule has 4 amide bonds. The van der Waals surface area contributed by atoms with E-state index in [1.54, 1.807) is 33.6 Å². The number of imidazole rings is 2. The summed E-state index contributed by atoms with van der Waals surface area (Å²) < 4.78 is 7.52. The second-order valence-electron chi connectivity index (χ2n) is 16.8. The van der Waals surface area contributed by atoms with Crippen LogP contribution in [0.2, 0.25) is 0 Å². The number of anilines is 4. The van der Waals surface area contributed by atoms with Gasteiger partial charge in [0.2, 0.25) is 23.7 Å². The maximum atomic E-state index is 13.9.